The second-order valence-corrected chi connectivity index (χ2v) is 6.63. The maximum atomic E-state index is 13.0. The lowest BCUT2D eigenvalue weighted by atomic mass is 10.0. The van der Waals surface area contributed by atoms with E-state index in [1.54, 1.807) is 12.1 Å². The molecule has 0 fully saturated rings. The quantitative estimate of drug-likeness (QED) is 0.869. The standard InChI is InChI=1S/C20H25FN2O/c1-13-10-14(2)19(15(3)11-13)22-20(24)16(4)23(5)12-17-6-8-18(21)9-7-17/h6-11,16H,12H2,1-5H3,(H,22,24)/p+1/t16-/m1/s1. The third-order valence-corrected chi connectivity index (χ3v) is 4.45. The van der Waals surface area contributed by atoms with Gasteiger partial charge in [0.2, 0.25) is 0 Å². The normalized spacial score (nSPS) is 13.4. The molecule has 0 aromatic heterocycles. The van der Waals surface area contributed by atoms with E-state index < -0.39 is 0 Å². The molecule has 0 aliphatic carbocycles. The van der Waals surface area contributed by atoms with Gasteiger partial charge in [0.1, 0.15) is 12.4 Å². The average molecular weight is 329 g/mol. The summed E-state index contributed by atoms with van der Waals surface area (Å²) in [4.78, 5) is 13.7. The first-order chi connectivity index (χ1) is 11.3. The van der Waals surface area contributed by atoms with Crippen LogP contribution in [0.4, 0.5) is 10.1 Å². The lowest BCUT2D eigenvalue weighted by Gasteiger charge is -2.22. The Morgan fingerprint density at radius 1 is 1.12 bits per heavy atom. The topological polar surface area (TPSA) is 33.5 Å². The lowest BCUT2D eigenvalue weighted by molar-refractivity contribution is -0.907. The summed E-state index contributed by atoms with van der Waals surface area (Å²) in [6.07, 6.45) is 0. The number of rotatable bonds is 5. The summed E-state index contributed by atoms with van der Waals surface area (Å²) < 4.78 is 13.0. The zero-order valence-corrected chi connectivity index (χ0v) is 15.0. The van der Waals surface area contributed by atoms with E-state index in [1.807, 2.05) is 27.8 Å². The Labute approximate surface area is 143 Å². The summed E-state index contributed by atoms with van der Waals surface area (Å²) in [5, 5.41) is 3.06. The number of aryl methyl sites for hydroxylation is 3. The van der Waals surface area contributed by atoms with Crippen molar-refractivity contribution in [3.8, 4) is 0 Å². The number of quaternary nitrogens is 1. The molecule has 0 aliphatic rings. The summed E-state index contributed by atoms with van der Waals surface area (Å²) in [5.41, 5.74) is 5.24. The molecule has 2 rings (SSSR count). The van der Waals surface area contributed by atoms with Crippen molar-refractivity contribution in [1.29, 1.82) is 0 Å². The maximum Gasteiger partial charge on any atom is 0.282 e. The van der Waals surface area contributed by atoms with Gasteiger partial charge in [-0.25, -0.2) is 4.39 Å². The van der Waals surface area contributed by atoms with Crippen LogP contribution in [0.15, 0.2) is 36.4 Å². The molecule has 4 heteroatoms. The molecule has 128 valence electrons. The average Bonchev–Trinajstić information content (AvgIpc) is 2.52. The summed E-state index contributed by atoms with van der Waals surface area (Å²) in [6, 6.07) is 10.4. The first-order valence-corrected chi connectivity index (χ1v) is 8.23. The third kappa shape index (κ3) is 4.42. The Kier molecular flexibility index (Phi) is 5.73. The molecular weight excluding hydrogens is 303 g/mol. The predicted molar refractivity (Wildman–Crippen MR) is 95.7 cm³/mol. The Bertz CT molecular complexity index is 702. The highest BCUT2D eigenvalue weighted by Crippen LogP contribution is 2.21. The minimum Gasteiger partial charge on any atom is -0.324 e. The fraction of sp³-hybridized carbons (Fsp3) is 0.350. The predicted octanol–water partition coefficient (Wildman–Crippen LogP) is 2.79. The SMILES string of the molecule is Cc1cc(C)c(NC(=O)[C@@H](C)[NH+](C)Cc2ccc(F)cc2)c(C)c1. The molecule has 2 N–H and O–H groups in total. The van der Waals surface area contributed by atoms with Crippen LogP contribution in [-0.2, 0) is 11.3 Å². The van der Waals surface area contributed by atoms with Crippen LogP contribution >= 0.6 is 0 Å². The molecule has 0 bridgehead atoms. The number of benzene rings is 2. The molecule has 2 atom stereocenters. The summed E-state index contributed by atoms with van der Waals surface area (Å²) in [7, 11) is 1.97. The maximum absolute atomic E-state index is 13.0. The van der Waals surface area contributed by atoms with Crippen molar-refractivity contribution >= 4 is 11.6 Å². The van der Waals surface area contributed by atoms with Crippen molar-refractivity contribution < 1.29 is 14.1 Å². The van der Waals surface area contributed by atoms with Crippen molar-refractivity contribution in [2.75, 3.05) is 12.4 Å². The van der Waals surface area contributed by atoms with E-state index in [2.05, 4.69) is 24.4 Å². The van der Waals surface area contributed by atoms with Gasteiger partial charge < -0.3 is 10.2 Å². The Morgan fingerprint density at radius 3 is 2.21 bits per heavy atom. The molecule has 0 heterocycles. The van der Waals surface area contributed by atoms with Gasteiger partial charge in [0, 0.05) is 11.3 Å². The molecular formula is C20H26FN2O+. The van der Waals surface area contributed by atoms with Crippen molar-refractivity contribution in [3.05, 3.63) is 64.5 Å². The van der Waals surface area contributed by atoms with Crippen LogP contribution in [-0.4, -0.2) is 19.0 Å². The van der Waals surface area contributed by atoms with Crippen molar-refractivity contribution in [1.82, 2.24) is 0 Å². The molecule has 0 radical (unpaired) electrons. The van der Waals surface area contributed by atoms with Gasteiger partial charge in [-0.05, 0) is 51.0 Å². The van der Waals surface area contributed by atoms with E-state index in [-0.39, 0.29) is 17.8 Å². The van der Waals surface area contributed by atoms with Crippen LogP contribution < -0.4 is 10.2 Å². The highest BCUT2D eigenvalue weighted by Gasteiger charge is 2.23. The summed E-state index contributed by atoms with van der Waals surface area (Å²) in [5.74, 6) is -0.253. The Hall–Kier alpha value is -2.20. The number of halogens is 1. The van der Waals surface area contributed by atoms with E-state index in [4.69, 9.17) is 0 Å². The fourth-order valence-corrected chi connectivity index (χ4v) is 2.91. The van der Waals surface area contributed by atoms with Crippen molar-refractivity contribution in [2.24, 2.45) is 0 Å². The van der Waals surface area contributed by atoms with Crippen molar-refractivity contribution in [2.45, 2.75) is 40.3 Å². The minimum absolute atomic E-state index is 0.00957. The van der Waals surface area contributed by atoms with E-state index in [0.29, 0.717) is 6.54 Å². The molecule has 0 saturated carbocycles. The number of amides is 1. The highest BCUT2D eigenvalue weighted by molar-refractivity contribution is 5.95. The zero-order valence-electron chi connectivity index (χ0n) is 15.0. The van der Waals surface area contributed by atoms with E-state index in [9.17, 15) is 9.18 Å². The van der Waals surface area contributed by atoms with Crippen LogP contribution in [0.1, 0.15) is 29.2 Å². The summed E-state index contributed by atoms with van der Waals surface area (Å²) in [6.45, 7) is 8.65. The molecule has 3 nitrogen and oxygen atoms in total. The molecule has 0 saturated heterocycles. The van der Waals surface area contributed by atoms with Gasteiger partial charge in [-0.15, -0.1) is 0 Å². The lowest BCUT2D eigenvalue weighted by Crippen LogP contribution is -3.12. The number of nitrogens with one attached hydrogen (secondary N) is 2. The van der Waals surface area contributed by atoms with Crippen LogP contribution in [0.25, 0.3) is 0 Å². The fourth-order valence-electron chi connectivity index (χ4n) is 2.91. The van der Waals surface area contributed by atoms with Gasteiger partial charge in [-0.3, -0.25) is 4.79 Å². The molecule has 24 heavy (non-hydrogen) atoms. The molecule has 0 spiro atoms. The van der Waals surface area contributed by atoms with E-state index in [0.717, 1.165) is 27.3 Å². The zero-order chi connectivity index (χ0) is 17.9. The third-order valence-electron chi connectivity index (χ3n) is 4.45. The van der Waals surface area contributed by atoms with Crippen molar-refractivity contribution in [3.63, 3.8) is 0 Å². The van der Waals surface area contributed by atoms with E-state index in [1.165, 1.54) is 17.7 Å². The number of anilines is 1. The number of likely N-dealkylation sites (N-methyl/N-ethyl adjacent to an activating group) is 1. The molecule has 2 aromatic carbocycles. The van der Waals surface area contributed by atoms with Crippen LogP contribution in [0.3, 0.4) is 0 Å². The molecule has 1 unspecified atom stereocenters. The van der Waals surface area contributed by atoms with Gasteiger partial charge in [-0.1, -0.05) is 29.8 Å². The van der Waals surface area contributed by atoms with Crippen LogP contribution in [0, 0.1) is 26.6 Å². The minimum atomic E-state index is -0.243. The van der Waals surface area contributed by atoms with Crippen LogP contribution in [0.5, 0.6) is 0 Å². The number of hydrogen-bond acceptors (Lipinski definition) is 1. The van der Waals surface area contributed by atoms with Gasteiger partial charge in [0.05, 0.1) is 7.05 Å². The van der Waals surface area contributed by atoms with Gasteiger partial charge in [-0.2, -0.15) is 0 Å². The largest absolute Gasteiger partial charge is 0.324 e. The highest BCUT2D eigenvalue weighted by atomic mass is 19.1. The number of carbonyl (C=O) groups excluding carboxylic acids is 1. The first-order valence-electron chi connectivity index (χ1n) is 8.23. The smallest absolute Gasteiger partial charge is 0.282 e. The van der Waals surface area contributed by atoms with Gasteiger partial charge in [0.15, 0.2) is 6.04 Å². The molecule has 1 amide bonds. The van der Waals surface area contributed by atoms with Gasteiger partial charge in [0.25, 0.3) is 5.91 Å². The second kappa shape index (κ2) is 7.58. The Balaban J connectivity index is 2.05. The first kappa shape index (κ1) is 18.1. The molecule has 2 aromatic rings. The second-order valence-electron chi connectivity index (χ2n) is 6.63. The Morgan fingerprint density at radius 2 is 1.67 bits per heavy atom. The van der Waals surface area contributed by atoms with E-state index >= 15 is 0 Å². The monoisotopic (exact) mass is 329 g/mol. The summed E-state index contributed by atoms with van der Waals surface area (Å²) >= 11 is 0. The van der Waals surface area contributed by atoms with Crippen LogP contribution in [0.2, 0.25) is 0 Å². The number of carbonyl (C=O) groups is 1. The molecule has 0 aliphatic heterocycles. The van der Waals surface area contributed by atoms with Gasteiger partial charge >= 0.3 is 0 Å². The number of hydrogen-bond donors (Lipinski definition) is 2.